The van der Waals surface area contributed by atoms with Crippen LogP contribution in [0.25, 0.3) is 0 Å². The third kappa shape index (κ3) is 9.19. The SMILES string of the molecule is Cc1ccccc1N(CC(=O)N(Cc1cccc(Br)c1)C(Cc1ccccc1)C(=O)NCC(C)C)S(=O)(=O)c1ccc(Cl)cc1. The molecule has 1 unspecified atom stereocenters. The number of aryl methyl sites for hydroxylation is 1. The molecule has 0 saturated carbocycles. The maximum atomic E-state index is 14.5. The van der Waals surface area contributed by atoms with E-state index in [2.05, 4.69) is 21.2 Å². The van der Waals surface area contributed by atoms with E-state index in [1.54, 1.807) is 25.1 Å². The van der Waals surface area contributed by atoms with Gasteiger partial charge in [-0.2, -0.15) is 0 Å². The van der Waals surface area contributed by atoms with Crippen LogP contribution in [0.2, 0.25) is 5.02 Å². The summed E-state index contributed by atoms with van der Waals surface area (Å²) in [6.07, 6.45) is 0.249. The smallest absolute Gasteiger partial charge is 0.264 e. The van der Waals surface area contributed by atoms with Gasteiger partial charge in [0, 0.05) is 29.0 Å². The minimum absolute atomic E-state index is 0.00277. The van der Waals surface area contributed by atoms with Crippen molar-refractivity contribution in [1.29, 1.82) is 0 Å². The highest BCUT2D eigenvalue weighted by Gasteiger charge is 2.35. The van der Waals surface area contributed by atoms with Crippen LogP contribution in [0.15, 0.2) is 112 Å². The maximum absolute atomic E-state index is 14.5. The Balaban J connectivity index is 1.81. The highest BCUT2D eigenvalue weighted by molar-refractivity contribution is 9.10. The average molecular weight is 711 g/mol. The third-order valence-electron chi connectivity index (χ3n) is 7.26. The van der Waals surface area contributed by atoms with Gasteiger partial charge in [0.15, 0.2) is 0 Å². The predicted octanol–water partition coefficient (Wildman–Crippen LogP) is 7.02. The Labute approximate surface area is 279 Å². The van der Waals surface area contributed by atoms with Gasteiger partial charge in [0.1, 0.15) is 12.6 Å². The standard InChI is InChI=1S/C35H37BrClN3O4S/c1-25(2)22-38-35(42)33(21-27-11-5-4-6-12-27)39(23-28-13-9-14-29(36)20-28)34(41)24-40(32-15-8-7-10-26(32)3)45(43,44)31-18-16-30(37)17-19-31/h4-20,25,33H,21-24H2,1-3H3,(H,38,42). The van der Waals surface area contributed by atoms with Gasteiger partial charge in [-0.3, -0.25) is 13.9 Å². The number of anilines is 1. The van der Waals surface area contributed by atoms with Crippen molar-refractivity contribution in [3.05, 3.63) is 129 Å². The number of nitrogens with zero attached hydrogens (tertiary/aromatic N) is 2. The molecular weight excluding hydrogens is 674 g/mol. The molecule has 236 valence electrons. The van der Waals surface area contributed by atoms with Crippen molar-refractivity contribution in [2.45, 2.75) is 44.7 Å². The zero-order valence-electron chi connectivity index (χ0n) is 25.5. The summed E-state index contributed by atoms with van der Waals surface area (Å²) in [5, 5.41) is 3.40. The zero-order valence-corrected chi connectivity index (χ0v) is 28.6. The van der Waals surface area contributed by atoms with E-state index in [1.165, 1.54) is 29.2 Å². The Morgan fingerprint density at radius 3 is 2.16 bits per heavy atom. The van der Waals surface area contributed by atoms with Crippen LogP contribution in [0.1, 0.15) is 30.5 Å². The fourth-order valence-electron chi connectivity index (χ4n) is 4.90. The molecule has 1 N–H and O–H groups in total. The third-order valence-corrected chi connectivity index (χ3v) is 9.78. The second kappa shape index (κ2) is 15.6. The summed E-state index contributed by atoms with van der Waals surface area (Å²) in [5.41, 5.74) is 2.71. The Kier molecular flexibility index (Phi) is 11.8. The van der Waals surface area contributed by atoms with E-state index in [0.29, 0.717) is 22.8 Å². The van der Waals surface area contributed by atoms with E-state index in [4.69, 9.17) is 11.6 Å². The lowest BCUT2D eigenvalue weighted by Gasteiger charge is -2.34. The average Bonchev–Trinajstić information content (AvgIpc) is 3.01. The Bertz CT molecular complexity index is 1720. The van der Waals surface area contributed by atoms with E-state index in [9.17, 15) is 18.0 Å². The number of nitrogens with one attached hydrogen (secondary N) is 1. The highest BCUT2D eigenvalue weighted by Crippen LogP contribution is 2.28. The van der Waals surface area contributed by atoms with Crippen LogP contribution in [0.3, 0.4) is 0 Å². The zero-order chi connectivity index (χ0) is 32.6. The van der Waals surface area contributed by atoms with Crippen LogP contribution in [0.5, 0.6) is 0 Å². The molecule has 0 fully saturated rings. The van der Waals surface area contributed by atoms with Crippen LogP contribution in [0, 0.1) is 12.8 Å². The van der Waals surface area contributed by atoms with E-state index < -0.39 is 28.5 Å². The summed E-state index contributed by atoms with van der Waals surface area (Å²) in [6, 6.07) is 28.9. The maximum Gasteiger partial charge on any atom is 0.264 e. The number of halogens is 2. The number of rotatable bonds is 13. The monoisotopic (exact) mass is 709 g/mol. The summed E-state index contributed by atoms with van der Waals surface area (Å²) in [7, 11) is -4.21. The summed E-state index contributed by atoms with van der Waals surface area (Å²) >= 11 is 9.57. The second-order valence-corrected chi connectivity index (χ2v) is 14.5. The highest BCUT2D eigenvalue weighted by atomic mass is 79.9. The number of para-hydroxylation sites is 1. The van der Waals surface area contributed by atoms with Crippen molar-refractivity contribution in [1.82, 2.24) is 10.2 Å². The van der Waals surface area contributed by atoms with E-state index in [-0.39, 0.29) is 29.7 Å². The van der Waals surface area contributed by atoms with Gasteiger partial charge < -0.3 is 10.2 Å². The number of amides is 2. The first-order valence-corrected chi connectivity index (χ1v) is 17.3. The first-order valence-electron chi connectivity index (χ1n) is 14.6. The normalized spacial score (nSPS) is 12.0. The van der Waals surface area contributed by atoms with Crippen molar-refractivity contribution < 1.29 is 18.0 Å². The van der Waals surface area contributed by atoms with Crippen LogP contribution >= 0.6 is 27.5 Å². The molecule has 0 spiro atoms. The number of carbonyl (C=O) groups is 2. The molecule has 0 aliphatic rings. The summed E-state index contributed by atoms with van der Waals surface area (Å²) in [4.78, 5) is 29.9. The lowest BCUT2D eigenvalue weighted by atomic mass is 10.0. The summed E-state index contributed by atoms with van der Waals surface area (Å²) in [5.74, 6) is -0.628. The van der Waals surface area contributed by atoms with Crippen molar-refractivity contribution in [3.63, 3.8) is 0 Å². The minimum Gasteiger partial charge on any atom is -0.354 e. The predicted molar refractivity (Wildman–Crippen MR) is 184 cm³/mol. The molecule has 0 aliphatic heterocycles. The van der Waals surface area contributed by atoms with Gasteiger partial charge in [-0.15, -0.1) is 0 Å². The van der Waals surface area contributed by atoms with E-state index in [0.717, 1.165) is 19.9 Å². The van der Waals surface area contributed by atoms with Crippen molar-refractivity contribution >= 4 is 55.1 Å². The molecule has 7 nitrogen and oxygen atoms in total. The van der Waals surface area contributed by atoms with Gasteiger partial charge in [0.05, 0.1) is 10.6 Å². The van der Waals surface area contributed by atoms with E-state index in [1.807, 2.05) is 74.5 Å². The van der Waals surface area contributed by atoms with Gasteiger partial charge in [-0.05, 0) is 72.0 Å². The van der Waals surface area contributed by atoms with Gasteiger partial charge in [-0.25, -0.2) is 8.42 Å². The quantitative estimate of drug-likeness (QED) is 0.162. The number of carbonyl (C=O) groups excluding carboxylic acids is 2. The summed E-state index contributed by atoms with van der Waals surface area (Å²) in [6.45, 7) is 5.79. The lowest BCUT2D eigenvalue weighted by Crippen LogP contribution is -2.53. The molecule has 0 saturated heterocycles. The van der Waals surface area contributed by atoms with Gasteiger partial charge in [-0.1, -0.05) is 102 Å². The van der Waals surface area contributed by atoms with Gasteiger partial charge >= 0.3 is 0 Å². The number of hydrogen-bond donors (Lipinski definition) is 1. The molecule has 4 rings (SSSR count). The number of sulfonamides is 1. The number of hydrogen-bond acceptors (Lipinski definition) is 4. The molecule has 0 aromatic heterocycles. The minimum atomic E-state index is -4.21. The molecular formula is C35H37BrClN3O4S. The Hall–Kier alpha value is -3.66. The molecule has 0 radical (unpaired) electrons. The Morgan fingerprint density at radius 2 is 1.51 bits per heavy atom. The largest absolute Gasteiger partial charge is 0.354 e. The van der Waals surface area contributed by atoms with Gasteiger partial charge in [0.2, 0.25) is 11.8 Å². The fourth-order valence-corrected chi connectivity index (χ4v) is 6.95. The van der Waals surface area contributed by atoms with Crippen molar-refractivity contribution in [2.24, 2.45) is 5.92 Å². The molecule has 4 aromatic rings. The van der Waals surface area contributed by atoms with Crippen molar-refractivity contribution in [2.75, 3.05) is 17.4 Å². The van der Waals surface area contributed by atoms with Crippen LogP contribution in [-0.4, -0.2) is 44.3 Å². The second-order valence-electron chi connectivity index (χ2n) is 11.2. The topological polar surface area (TPSA) is 86.8 Å². The molecule has 45 heavy (non-hydrogen) atoms. The van der Waals surface area contributed by atoms with Crippen LogP contribution in [-0.2, 0) is 32.6 Å². The van der Waals surface area contributed by atoms with E-state index >= 15 is 0 Å². The molecule has 10 heteroatoms. The van der Waals surface area contributed by atoms with Crippen LogP contribution < -0.4 is 9.62 Å². The molecule has 0 aliphatic carbocycles. The molecule has 4 aromatic carbocycles. The number of benzene rings is 4. The first-order chi connectivity index (χ1) is 21.5. The first kappa shape index (κ1) is 34.2. The Morgan fingerprint density at radius 1 is 0.867 bits per heavy atom. The van der Waals surface area contributed by atoms with Crippen molar-refractivity contribution in [3.8, 4) is 0 Å². The van der Waals surface area contributed by atoms with Gasteiger partial charge in [0.25, 0.3) is 10.0 Å². The van der Waals surface area contributed by atoms with Crippen LogP contribution in [0.4, 0.5) is 5.69 Å². The molecule has 2 amide bonds. The molecule has 0 bridgehead atoms. The molecule has 1 atom stereocenters. The molecule has 0 heterocycles. The fraction of sp³-hybridized carbons (Fsp3) is 0.257. The summed E-state index contributed by atoms with van der Waals surface area (Å²) < 4.78 is 30.3. The lowest BCUT2D eigenvalue weighted by molar-refractivity contribution is -0.140.